The van der Waals surface area contributed by atoms with Crippen molar-refractivity contribution in [2.45, 2.75) is 23.3 Å². The first-order valence-corrected chi connectivity index (χ1v) is 4.61. The third kappa shape index (κ3) is 2.48. The molecule has 1 N–H and O–H groups in total. The quantitative estimate of drug-likeness (QED) is 0.596. The molecule has 0 unspecified atom stereocenters. The van der Waals surface area contributed by atoms with Gasteiger partial charge in [0.15, 0.2) is 0 Å². The van der Waals surface area contributed by atoms with Crippen LogP contribution < -0.4 is 0 Å². The largest absolute Gasteiger partial charge is 0.428 e. The van der Waals surface area contributed by atoms with E-state index in [1.54, 1.807) is 0 Å². The molecule has 0 rings (SSSR count). The number of hydrogen-bond acceptors (Lipinski definition) is 2. The molecule has 0 aliphatic carbocycles. The number of alkyl halides is 9. The van der Waals surface area contributed by atoms with Crippen molar-refractivity contribution in [1.82, 2.24) is 0 Å². The molecule has 0 aromatic rings. The maximum atomic E-state index is 11.9. The monoisotopic (exact) mass is 320 g/mol. The van der Waals surface area contributed by atoms with Gasteiger partial charge in [0, 0.05) is 0 Å². The fraction of sp³-hybridized carbons (Fsp3) is 1.00. The van der Waals surface area contributed by atoms with E-state index in [0.29, 0.717) is 0 Å². The van der Waals surface area contributed by atoms with Crippen LogP contribution in [0.4, 0.5) is 44.2 Å². The summed E-state index contributed by atoms with van der Waals surface area (Å²) in [6.07, 6.45) is -22.0. The SMILES string of the molecule is F.O=S(=O)(O)C(C(F)(F)F)(C(F)(F)F)C(F)(F)F. The van der Waals surface area contributed by atoms with Gasteiger partial charge in [-0.1, -0.05) is 0 Å². The van der Waals surface area contributed by atoms with Gasteiger partial charge in [-0.15, -0.1) is 0 Å². The molecule has 0 heterocycles. The van der Waals surface area contributed by atoms with Crippen LogP contribution in [0.3, 0.4) is 0 Å². The Hall–Kier alpha value is -0.790. The molecule has 0 aliphatic rings. The summed E-state index contributed by atoms with van der Waals surface area (Å²) in [5.74, 6) is 0. The second kappa shape index (κ2) is 4.40. The molecule has 112 valence electrons. The molecular weight excluding hydrogens is 318 g/mol. The van der Waals surface area contributed by atoms with E-state index in [-0.39, 0.29) is 4.70 Å². The van der Waals surface area contributed by atoms with Gasteiger partial charge in [0.25, 0.3) is 10.1 Å². The van der Waals surface area contributed by atoms with Crippen molar-refractivity contribution < 1.29 is 57.2 Å². The molecule has 0 radical (unpaired) electrons. The van der Waals surface area contributed by atoms with E-state index in [2.05, 4.69) is 0 Å². The zero-order valence-corrected chi connectivity index (χ0v) is 8.30. The van der Waals surface area contributed by atoms with Gasteiger partial charge in [0.1, 0.15) is 0 Å². The Morgan fingerprint density at radius 2 is 0.833 bits per heavy atom. The van der Waals surface area contributed by atoms with Gasteiger partial charge in [-0.3, -0.25) is 9.26 Å². The van der Waals surface area contributed by atoms with Crippen LogP contribution in [0.2, 0.25) is 0 Å². The predicted octanol–water partition coefficient (Wildman–Crippen LogP) is 2.45. The lowest BCUT2D eigenvalue weighted by Crippen LogP contribution is -2.70. The lowest BCUT2D eigenvalue weighted by molar-refractivity contribution is -0.349. The molecule has 0 amide bonds. The van der Waals surface area contributed by atoms with Crippen LogP contribution >= 0.6 is 0 Å². The molecule has 0 saturated carbocycles. The van der Waals surface area contributed by atoms with Crippen molar-refractivity contribution >= 4 is 10.1 Å². The molecular formula is C4H2F10O3S. The average Bonchev–Trinajstić information content (AvgIpc) is 1.67. The highest BCUT2D eigenvalue weighted by molar-refractivity contribution is 7.87. The van der Waals surface area contributed by atoms with Gasteiger partial charge in [-0.05, 0) is 0 Å². The topological polar surface area (TPSA) is 54.4 Å². The minimum absolute atomic E-state index is 0. The number of halogens is 10. The third-order valence-corrected chi connectivity index (χ3v) is 3.05. The Kier molecular flexibility index (Phi) is 4.77. The van der Waals surface area contributed by atoms with Gasteiger partial charge in [0.05, 0.1) is 0 Å². The molecule has 18 heavy (non-hydrogen) atoms. The summed E-state index contributed by atoms with van der Waals surface area (Å²) >= 11 is 0. The summed E-state index contributed by atoms with van der Waals surface area (Å²) in [5, 5.41) is 0. The van der Waals surface area contributed by atoms with Crippen LogP contribution in [0.5, 0.6) is 0 Å². The summed E-state index contributed by atoms with van der Waals surface area (Å²) in [5.41, 5.74) is 0. The van der Waals surface area contributed by atoms with Gasteiger partial charge < -0.3 is 0 Å². The van der Waals surface area contributed by atoms with Crippen LogP contribution in [0, 0.1) is 0 Å². The van der Waals surface area contributed by atoms with Crippen LogP contribution in [-0.4, -0.2) is 36.2 Å². The highest BCUT2D eigenvalue weighted by Crippen LogP contribution is 2.56. The first-order valence-electron chi connectivity index (χ1n) is 3.17. The van der Waals surface area contributed by atoms with Crippen LogP contribution in [0.25, 0.3) is 0 Å². The summed E-state index contributed by atoms with van der Waals surface area (Å²) in [7, 11) is -7.57. The van der Waals surface area contributed by atoms with E-state index in [1.807, 2.05) is 0 Å². The number of rotatable bonds is 1. The fourth-order valence-corrected chi connectivity index (χ4v) is 1.80. The van der Waals surface area contributed by atoms with Crippen molar-refractivity contribution in [3.63, 3.8) is 0 Å². The first kappa shape index (κ1) is 19.5. The lowest BCUT2D eigenvalue weighted by atomic mass is 10.1. The Bertz CT molecular complexity index is 349. The van der Waals surface area contributed by atoms with Gasteiger partial charge in [-0.2, -0.15) is 47.9 Å². The average molecular weight is 320 g/mol. The standard InChI is InChI=1S/C4HF9O3S.FH/c5-2(6,7)1(3(8,9)10,4(11,12)13)17(14,15)16;/h(H,14,15,16);1H. The normalized spacial score (nSPS) is 15.2. The van der Waals surface area contributed by atoms with Crippen LogP contribution in [-0.2, 0) is 10.1 Å². The Labute approximate surface area is 91.7 Å². The molecule has 0 fully saturated rings. The molecule has 0 aromatic heterocycles. The van der Waals surface area contributed by atoms with Crippen molar-refractivity contribution in [3.8, 4) is 0 Å². The Balaban J connectivity index is 0. The second-order valence-corrected chi connectivity index (χ2v) is 4.21. The van der Waals surface area contributed by atoms with Crippen LogP contribution in [0.15, 0.2) is 0 Å². The molecule has 0 aromatic carbocycles. The van der Waals surface area contributed by atoms with E-state index < -0.39 is 33.4 Å². The zero-order chi connectivity index (χ0) is 14.5. The third-order valence-electron chi connectivity index (χ3n) is 1.58. The number of hydrogen-bond donors (Lipinski definition) is 1. The minimum Gasteiger partial charge on any atom is -0.284 e. The predicted molar refractivity (Wildman–Crippen MR) is 34.9 cm³/mol. The van der Waals surface area contributed by atoms with E-state index in [0.717, 1.165) is 0 Å². The Morgan fingerprint density at radius 3 is 0.833 bits per heavy atom. The first-order chi connectivity index (χ1) is 7.00. The molecule has 0 atom stereocenters. The molecule has 0 spiro atoms. The summed E-state index contributed by atoms with van der Waals surface area (Å²) in [6, 6.07) is 0. The summed E-state index contributed by atoms with van der Waals surface area (Å²) in [4.78, 5) is 0. The van der Waals surface area contributed by atoms with Crippen LogP contribution in [0.1, 0.15) is 0 Å². The summed E-state index contributed by atoms with van der Waals surface area (Å²) < 4.78 is 127. The zero-order valence-electron chi connectivity index (χ0n) is 7.48. The molecule has 3 nitrogen and oxygen atoms in total. The van der Waals surface area contributed by atoms with Crippen molar-refractivity contribution in [3.05, 3.63) is 0 Å². The maximum Gasteiger partial charge on any atom is 0.428 e. The van der Waals surface area contributed by atoms with Gasteiger partial charge >= 0.3 is 23.3 Å². The minimum atomic E-state index is -7.57. The van der Waals surface area contributed by atoms with Gasteiger partial charge in [0.2, 0.25) is 0 Å². The highest BCUT2D eigenvalue weighted by atomic mass is 32.2. The maximum absolute atomic E-state index is 11.9. The fourth-order valence-electron chi connectivity index (χ4n) is 0.921. The van der Waals surface area contributed by atoms with E-state index in [4.69, 9.17) is 4.55 Å². The van der Waals surface area contributed by atoms with Crippen molar-refractivity contribution in [2.24, 2.45) is 0 Å². The summed E-state index contributed by atoms with van der Waals surface area (Å²) in [6.45, 7) is 0. The Morgan fingerprint density at radius 1 is 0.667 bits per heavy atom. The van der Waals surface area contributed by atoms with E-state index >= 15 is 0 Å². The lowest BCUT2D eigenvalue weighted by Gasteiger charge is -2.35. The van der Waals surface area contributed by atoms with E-state index in [1.165, 1.54) is 0 Å². The second-order valence-electron chi connectivity index (χ2n) is 2.65. The highest BCUT2D eigenvalue weighted by Gasteiger charge is 2.91. The molecule has 0 aliphatic heterocycles. The van der Waals surface area contributed by atoms with E-state index in [9.17, 15) is 47.9 Å². The molecule has 14 heteroatoms. The van der Waals surface area contributed by atoms with Gasteiger partial charge in [-0.25, -0.2) is 0 Å². The molecule has 0 saturated heterocycles. The van der Waals surface area contributed by atoms with Crippen molar-refractivity contribution in [1.29, 1.82) is 0 Å². The molecule has 0 bridgehead atoms. The van der Waals surface area contributed by atoms with Crippen molar-refractivity contribution in [2.75, 3.05) is 0 Å². The smallest absolute Gasteiger partial charge is 0.284 e.